The van der Waals surface area contributed by atoms with Crippen LogP contribution in [0.25, 0.3) is 0 Å². The molecule has 1 saturated carbocycles. The van der Waals surface area contributed by atoms with Gasteiger partial charge in [-0.25, -0.2) is 0 Å². The highest BCUT2D eigenvalue weighted by molar-refractivity contribution is 5.80. The lowest BCUT2D eigenvalue weighted by molar-refractivity contribution is -0.129. The molecule has 1 N–H and O–H groups in total. The van der Waals surface area contributed by atoms with E-state index in [0.29, 0.717) is 18.6 Å². The molecule has 1 fully saturated rings. The van der Waals surface area contributed by atoms with Crippen LogP contribution in [-0.2, 0) is 14.3 Å². The second kappa shape index (κ2) is 5.85. The third kappa shape index (κ3) is 4.93. The summed E-state index contributed by atoms with van der Waals surface area (Å²) in [5.41, 5.74) is 0. The van der Waals surface area contributed by atoms with Gasteiger partial charge in [0, 0.05) is 18.9 Å². The van der Waals surface area contributed by atoms with Crippen LogP contribution in [0, 0.1) is 0 Å². The highest BCUT2D eigenvalue weighted by Crippen LogP contribution is 2.14. The molecule has 4 nitrogen and oxygen atoms in total. The van der Waals surface area contributed by atoms with Crippen molar-refractivity contribution in [3.63, 3.8) is 0 Å². The average Bonchev–Trinajstić information content (AvgIpc) is 2.19. The molecule has 0 aromatic heterocycles. The van der Waals surface area contributed by atoms with E-state index >= 15 is 0 Å². The molecule has 0 spiro atoms. The highest BCUT2D eigenvalue weighted by atomic mass is 16.5. The van der Waals surface area contributed by atoms with Gasteiger partial charge < -0.3 is 10.1 Å². The zero-order valence-corrected chi connectivity index (χ0v) is 9.41. The van der Waals surface area contributed by atoms with E-state index in [1.54, 1.807) is 0 Å². The van der Waals surface area contributed by atoms with E-state index in [2.05, 4.69) is 5.32 Å². The molecule has 0 radical (unpaired) electrons. The maximum atomic E-state index is 11.4. The summed E-state index contributed by atoms with van der Waals surface area (Å²) in [6.07, 6.45) is 2.80. The van der Waals surface area contributed by atoms with Crippen molar-refractivity contribution in [3.8, 4) is 0 Å². The normalized spacial score (nSPS) is 18.2. The second-order valence-corrected chi connectivity index (χ2v) is 4.24. The fourth-order valence-corrected chi connectivity index (χ4v) is 1.60. The number of amides is 1. The minimum atomic E-state index is -0.0805. The number of ether oxygens (including phenoxy) is 1. The van der Waals surface area contributed by atoms with E-state index in [-0.39, 0.29) is 24.7 Å². The summed E-state index contributed by atoms with van der Waals surface area (Å²) in [5.74, 6) is 0.224. The van der Waals surface area contributed by atoms with Crippen molar-refractivity contribution in [2.24, 2.45) is 0 Å². The molecule has 0 unspecified atom stereocenters. The van der Waals surface area contributed by atoms with Crippen LogP contribution in [0.4, 0.5) is 0 Å². The van der Waals surface area contributed by atoms with Crippen molar-refractivity contribution in [2.75, 3.05) is 6.61 Å². The molecule has 0 heterocycles. The molecule has 86 valence electrons. The van der Waals surface area contributed by atoms with Crippen molar-refractivity contribution >= 4 is 11.7 Å². The fraction of sp³-hybridized carbons (Fsp3) is 0.818. The average molecular weight is 213 g/mol. The molecule has 1 aliphatic rings. The SMILES string of the molecule is CC(C)OCC(=O)NC1CCC(=O)CC1. The van der Waals surface area contributed by atoms with Crippen LogP contribution in [0.5, 0.6) is 0 Å². The number of carbonyl (C=O) groups is 2. The molecule has 0 aliphatic heterocycles. The van der Waals surface area contributed by atoms with Gasteiger partial charge in [0.1, 0.15) is 12.4 Å². The Bertz CT molecular complexity index is 228. The van der Waals surface area contributed by atoms with Crippen LogP contribution in [0.2, 0.25) is 0 Å². The summed E-state index contributed by atoms with van der Waals surface area (Å²) in [4.78, 5) is 22.3. The molecule has 15 heavy (non-hydrogen) atoms. The summed E-state index contributed by atoms with van der Waals surface area (Å²) >= 11 is 0. The molecule has 4 heteroatoms. The van der Waals surface area contributed by atoms with Crippen molar-refractivity contribution in [2.45, 2.75) is 51.7 Å². The first-order chi connectivity index (χ1) is 7.08. The van der Waals surface area contributed by atoms with Gasteiger partial charge in [-0.3, -0.25) is 9.59 Å². The molecule has 0 atom stereocenters. The largest absolute Gasteiger partial charge is 0.369 e. The maximum absolute atomic E-state index is 11.4. The molecule has 0 aromatic carbocycles. The zero-order chi connectivity index (χ0) is 11.3. The van der Waals surface area contributed by atoms with E-state index in [1.165, 1.54) is 0 Å². The second-order valence-electron chi connectivity index (χ2n) is 4.24. The number of ketones is 1. The van der Waals surface area contributed by atoms with Crippen LogP contribution in [-0.4, -0.2) is 30.4 Å². The lowest BCUT2D eigenvalue weighted by Crippen LogP contribution is -2.40. The minimum absolute atomic E-state index is 0.0729. The van der Waals surface area contributed by atoms with E-state index in [1.807, 2.05) is 13.8 Å². The molecule has 1 rings (SSSR count). The number of rotatable bonds is 4. The Morgan fingerprint density at radius 1 is 1.47 bits per heavy atom. The van der Waals surface area contributed by atoms with E-state index in [9.17, 15) is 9.59 Å². The monoisotopic (exact) mass is 213 g/mol. The Morgan fingerprint density at radius 2 is 2.07 bits per heavy atom. The van der Waals surface area contributed by atoms with Crippen molar-refractivity contribution in [1.29, 1.82) is 0 Å². The third-order valence-corrected chi connectivity index (χ3v) is 2.46. The van der Waals surface area contributed by atoms with Crippen molar-refractivity contribution < 1.29 is 14.3 Å². The highest BCUT2D eigenvalue weighted by Gasteiger charge is 2.20. The Morgan fingerprint density at radius 3 is 2.60 bits per heavy atom. The van der Waals surface area contributed by atoms with Gasteiger partial charge >= 0.3 is 0 Å². The number of hydrogen-bond acceptors (Lipinski definition) is 3. The van der Waals surface area contributed by atoms with Gasteiger partial charge in [-0.2, -0.15) is 0 Å². The molecular formula is C11H19NO3. The summed E-state index contributed by atoms with van der Waals surface area (Å²) in [6.45, 7) is 3.90. The summed E-state index contributed by atoms with van der Waals surface area (Å²) in [6, 6.07) is 0.158. The summed E-state index contributed by atoms with van der Waals surface area (Å²) < 4.78 is 5.19. The fourth-order valence-electron chi connectivity index (χ4n) is 1.60. The van der Waals surface area contributed by atoms with E-state index in [4.69, 9.17) is 4.74 Å². The van der Waals surface area contributed by atoms with Gasteiger partial charge in [-0.05, 0) is 26.7 Å². The third-order valence-electron chi connectivity index (χ3n) is 2.46. The van der Waals surface area contributed by atoms with Crippen molar-refractivity contribution in [1.82, 2.24) is 5.32 Å². The van der Waals surface area contributed by atoms with Gasteiger partial charge in [0.25, 0.3) is 0 Å². The zero-order valence-electron chi connectivity index (χ0n) is 9.41. The first kappa shape index (κ1) is 12.2. The minimum Gasteiger partial charge on any atom is -0.369 e. The lowest BCUT2D eigenvalue weighted by atomic mass is 9.94. The summed E-state index contributed by atoms with van der Waals surface area (Å²) in [5, 5.41) is 2.88. The number of hydrogen-bond donors (Lipinski definition) is 1. The van der Waals surface area contributed by atoms with Crippen LogP contribution in [0.1, 0.15) is 39.5 Å². The number of Topliss-reactive ketones (excluding diaryl/α,β-unsaturated/α-hetero) is 1. The Hall–Kier alpha value is -0.900. The molecule has 0 bridgehead atoms. The van der Waals surface area contributed by atoms with Gasteiger partial charge in [-0.1, -0.05) is 0 Å². The van der Waals surface area contributed by atoms with Crippen LogP contribution < -0.4 is 5.32 Å². The van der Waals surface area contributed by atoms with Gasteiger partial charge in [0.05, 0.1) is 6.10 Å². The maximum Gasteiger partial charge on any atom is 0.246 e. The Kier molecular flexibility index (Phi) is 4.75. The topological polar surface area (TPSA) is 55.4 Å². The Balaban J connectivity index is 2.17. The van der Waals surface area contributed by atoms with Gasteiger partial charge in [0.2, 0.25) is 5.91 Å². The number of carbonyl (C=O) groups excluding carboxylic acids is 2. The van der Waals surface area contributed by atoms with Gasteiger partial charge in [-0.15, -0.1) is 0 Å². The Labute approximate surface area is 90.4 Å². The molecule has 0 saturated heterocycles. The predicted octanol–water partition coefficient (Wildman–Crippen LogP) is 1.04. The smallest absolute Gasteiger partial charge is 0.246 e. The molecular weight excluding hydrogens is 194 g/mol. The van der Waals surface area contributed by atoms with E-state index < -0.39 is 0 Å². The molecule has 1 aliphatic carbocycles. The first-order valence-electron chi connectivity index (χ1n) is 5.50. The first-order valence-corrected chi connectivity index (χ1v) is 5.50. The van der Waals surface area contributed by atoms with Crippen LogP contribution in [0.3, 0.4) is 0 Å². The van der Waals surface area contributed by atoms with Crippen LogP contribution >= 0.6 is 0 Å². The molecule has 1 amide bonds. The lowest BCUT2D eigenvalue weighted by Gasteiger charge is -2.22. The summed E-state index contributed by atoms with van der Waals surface area (Å²) in [7, 11) is 0. The standard InChI is InChI=1S/C11H19NO3/c1-8(2)15-7-11(14)12-9-3-5-10(13)6-4-9/h8-9H,3-7H2,1-2H3,(H,12,14). The predicted molar refractivity (Wildman–Crippen MR) is 56.5 cm³/mol. The van der Waals surface area contributed by atoms with Crippen LogP contribution in [0.15, 0.2) is 0 Å². The number of nitrogens with one attached hydrogen (secondary N) is 1. The van der Waals surface area contributed by atoms with Crippen molar-refractivity contribution in [3.05, 3.63) is 0 Å². The quantitative estimate of drug-likeness (QED) is 0.759. The molecule has 0 aromatic rings. The van der Waals surface area contributed by atoms with Gasteiger partial charge in [0.15, 0.2) is 0 Å². The van der Waals surface area contributed by atoms with E-state index in [0.717, 1.165) is 12.8 Å².